The van der Waals surface area contributed by atoms with E-state index in [9.17, 15) is 4.79 Å². The molecule has 2 aromatic rings. The molecule has 32 heavy (non-hydrogen) atoms. The molecule has 0 aromatic heterocycles. The van der Waals surface area contributed by atoms with Gasteiger partial charge in [-0.15, -0.1) is 0 Å². The Morgan fingerprint density at radius 3 is 2.56 bits per heavy atom. The minimum atomic E-state index is 0.0354. The van der Waals surface area contributed by atoms with Gasteiger partial charge >= 0.3 is 0 Å². The molecule has 2 atom stereocenters. The van der Waals surface area contributed by atoms with E-state index in [4.69, 9.17) is 14.5 Å². The molecule has 0 radical (unpaired) electrons. The maximum atomic E-state index is 13.6. The predicted molar refractivity (Wildman–Crippen MR) is 140 cm³/mol. The number of carbonyl (C=O) groups is 1. The fraction of sp³-hybridized carbons (Fsp3) is 0.360. The second kappa shape index (κ2) is 10.3. The topological polar surface area (TPSA) is 51.1 Å². The molecular weight excluding hydrogens is 535 g/mol. The molecule has 0 unspecified atom stereocenters. The number of hydrogen-bond acceptors (Lipinski definition) is 5. The summed E-state index contributed by atoms with van der Waals surface area (Å²) < 4.78 is 11.9. The molecule has 0 spiro atoms. The van der Waals surface area contributed by atoms with E-state index in [0.717, 1.165) is 39.3 Å². The van der Waals surface area contributed by atoms with Gasteiger partial charge in [-0.2, -0.15) is 0 Å². The summed E-state index contributed by atoms with van der Waals surface area (Å²) in [5.41, 5.74) is 1.76. The maximum absolute atomic E-state index is 13.6. The van der Waals surface area contributed by atoms with Crippen LogP contribution in [0.2, 0.25) is 0 Å². The lowest BCUT2D eigenvalue weighted by atomic mass is 9.85. The second-order valence-electron chi connectivity index (χ2n) is 8.08. The molecule has 168 valence electrons. The summed E-state index contributed by atoms with van der Waals surface area (Å²) >= 11 is 3.68. The van der Waals surface area contributed by atoms with E-state index < -0.39 is 0 Å². The number of amidine groups is 1. The molecule has 1 amide bonds. The van der Waals surface area contributed by atoms with Gasteiger partial charge in [0.25, 0.3) is 5.91 Å². The normalized spacial score (nSPS) is 23.8. The second-order valence-corrected chi connectivity index (χ2v) is 10.3. The van der Waals surface area contributed by atoms with Gasteiger partial charge in [0.2, 0.25) is 0 Å². The number of carbonyl (C=O) groups excluding carboxylic acids is 1. The Morgan fingerprint density at radius 1 is 1.12 bits per heavy atom. The van der Waals surface area contributed by atoms with Crippen LogP contribution >= 0.6 is 34.4 Å². The zero-order valence-electron chi connectivity index (χ0n) is 18.5. The average molecular weight is 562 g/mol. The fourth-order valence-electron chi connectivity index (χ4n) is 4.32. The number of para-hydroxylation sites is 1. The van der Waals surface area contributed by atoms with Crippen molar-refractivity contribution in [3.63, 3.8) is 0 Å². The van der Waals surface area contributed by atoms with Crippen molar-refractivity contribution in [1.82, 2.24) is 4.90 Å². The van der Waals surface area contributed by atoms with E-state index in [1.54, 1.807) is 14.2 Å². The fourth-order valence-corrected chi connectivity index (χ4v) is 6.21. The molecule has 7 heteroatoms. The van der Waals surface area contributed by atoms with Gasteiger partial charge in [-0.25, -0.2) is 4.99 Å². The molecule has 1 heterocycles. The van der Waals surface area contributed by atoms with Gasteiger partial charge in [0.1, 0.15) is 0 Å². The zero-order valence-corrected chi connectivity index (χ0v) is 21.5. The highest BCUT2D eigenvalue weighted by molar-refractivity contribution is 14.1. The summed E-state index contributed by atoms with van der Waals surface area (Å²) in [6.45, 7) is 2.25. The first kappa shape index (κ1) is 23.2. The van der Waals surface area contributed by atoms with E-state index in [1.165, 1.54) is 18.2 Å². The summed E-state index contributed by atoms with van der Waals surface area (Å²) in [7, 11) is 3.25. The van der Waals surface area contributed by atoms with Crippen molar-refractivity contribution in [1.29, 1.82) is 0 Å². The Kier molecular flexibility index (Phi) is 7.45. The lowest BCUT2D eigenvalue weighted by molar-refractivity contribution is -0.124. The van der Waals surface area contributed by atoms with Crippen molar-refractivity contribution in [2.24, 2.45) is 10.9 Å². The largest absolute Gasteiger partial charge is 0.493 e. The van der Waals surface area contributed by atoms with Crippen molar-refractivity contribution in [3.8, 4) is 11.5 Å². The summed E-state index contributed by atoms with van der Waals surface area (Å²) in [4.78, 5) is 21.1. The Balaban J connectivity index is 1.74. The Hall–Kier alpha value is -2.00. The maximum Gasteiger partial charge on any atom is 0.267 e. The quantitative estimate of drug-likeness (QED) is 0.309. The highest BCUT2D eigenvalue weighted by atomic mass is 127. The minimum Gasteiger partial charge on any atom is -0.493 e. The first-order valence-corrected chi connectivity index (χ1v) is 12.7. The Bertz CT molecular complexity index is 1050. The van der Waals surface area contributed by atoms with Gasteiger partial charge in [-0.3, -0.25) is 9.69 Å². The number of aliphatic imine (C=N–C) groups is 1. The van der Waals surface area contributed by atoms with Gasteiger partial charge in [0.05, 0.1) is 28.4 Å². The van der Waals surface area contributed by atoms with Crippen LogP contribution in [0.15, 0.2) is 52.4 Å². The molecule has 2 fully saturated rings. The van der Waals surface area contributed by atoms with Crippen LogP contribution in [0, 0.1) is 9.49 Å². The van der Waals surface area contributed by atoms with Crippen LogP contribution in [-0.4, -0.2) is 36.2 Å². The number of rotatable bonds is 5. The molecule has 1 aliphatic carbocycles. The van der Waals surface area contributed by atoms with Crippen LogP contribution in [0.25, 0.3) is 6.08 Å². The number of thioether (sulfide) groups is 1. The van der Waals surface area contributed by atoms with Crippen molar-refractivity contribution in [3.05, 3.63) is 56.5 Å². The first-order valence-electron chi connectivity index (χ1n) is 10.8. The SMILES string of the molecule is COc1cc(/C=C2\SC(=Nc3ccccc3)N([C@H]3CCCC[C@H]3C)C2=O)cc(I)c1OC. The lowest BCUT2D eigenvalue weighted by Gasteiger charge is -2.35. The van der Waals surface area contributed by atoms with E-state index in [1.807, 2.05) is 53.4 Å². The van der Waals surface area contributed by atoms with Crippen molar-refractivity contribution in [2.45, 2.75) is 38.6 Å². The molecule has 2 aromatic carbocycles. The van der Waals surface area contributed by atoms with E-state index in [2.05, 4.69) is 29.5 Å². The van der Waals surface area contributed by atoms with Crippen molar-refractivity contribution >= 4 is 57.2 Å². The Morgan fingerprint density at radius 2 is 1.88 bits per heavy atom. The number of halogens is 1. The van der Waals surface area contributed by atoms with Gasteiger partial charge < -0.3 is 9.47 Å². The highest BCUT2D eigenvalue weighted by Gasteiger charge is 2.41. The third-order valence-electron chi connectivity index (χ3n) is 5.97. The summed E-state index contributed by atoms with van der Waals surface area (Å²) in [6.07, 6.45) is 6.47. The number of hydrogen-bond donors (Lipinski definition) is 0. The van der Waals surface area contributed by atoms with Crippen LogP contribution in [0.5, 0.6) is 11.5 Å². The average Bonchev–Trinajstić information content (AvgIpc) is 3.08. The van der Waals surface area contributed by atoms with Gasteiger partial charge in [0, 0.05) is 6.04 Å². The monoisotopic (exact) mass is 562 g/mol. The third-order valence-corrected chi connectivity index (χ3v) is 7.75. The highest BCUT2D eigenvalue weighted by Crippen LogP contribution is 2.41. The minimum absolute atomic E-state index is 0.0354. The molecule has 1 aliphatic heterocycles. The summed E-state index contributed by atoms with van der Waals surface area (Å²) in [6, 6.07) is 13.9. The predicted octanol–water partition coefficient (Wildman–Crippen LogP) is 6.49. The third kappa shape index (κ3) is 4.83. The summed E-state index contributed by atoms with van der Waals surface area (Å²) in [5.74, 6) is 1.84. The first-order chi connectivity index (χ1) is 15.5. The molecule has 5 nitrogen and oxygen atoms in total. The van der Waals surface area contributed by atoms with Crippen LogP contribution in [0.3, 0.4) is 0 Å². The van der Waals surface area contributed by atoms with Crippen LogP contribution in [0.1, 0.15) is 38.2 Å². The number of amides is 1. The molecule has 1 saturated carbocycles. The number of methoxy groups -OCH3 is 2. The standard InChI is InChI=1S/C25H27IN2O3S/c1-16-9-7-8-12-20(16)28-24(29)22(32-25(28)27-18-10-5-4-6-11-18)15-17-13-19(26)23(31-3)21(14-17)30-2/h4-6,10-11,13-16,20H,7-9,12H2,1-3H3/b22-15-,27-25?/t16-,20+/m1/s1. The van der Waals surface area contributed by atoms with Gasteiger partial charge in [0.15, 0.2) is 16.7 Å². The lowest BCUT2D eigenvalue weighted by Crippen LogP contribution is -2.44. The molecule has 0 bridgehead atoms. The molecular formula is C25H27IN2O3S. The van der Waals surface area contributed by atoms with Crippen LogP contribution in [0.4, 0.5) is 5.69 Å². The Labute approximate surface area is 207 Å². The van der Waals surface area contributed by atoms with Crippen molar-refractivity contribution in [2.75, 3.05) is 14.2 Å². The zero-order chi connectivity index (χ0) is 22.7. The number of benzene rings is 2. The van der Waals surface area contributed by atoms with E-state index in [-0.39, 0.29) is 11.9 Å². The van der Waals surface area contributed by atoms with Gasteiger partial charge in [-0.05, 0) is 89.0 Å². The molecule has 2 aliphatic rings. The van der Waals surface area contributed by atoms with Crippen molar-refractivity contribution < 1.29 is 14.3 Å². The van der Waals surface area contributed by atoms with E-state index in [0.29, 0.717) is 22.3 Å². The van der Waals surface area contributed by atoms with E-state index >= 15 is 0 Å². The summed E-state index contributed by atoms with van der Waals surface area (Å²) in [5, 5.41) is 0.765. The molecule has 4 rings (SSSR count). The smallest absolute Gasteiger partial charge is 0.267 e. The number of ether oxygens (including phenoxy) is 2. The van der Waals surface area contributed by atoms with Crippen LogP contribution < -0.4 is 9.47 Å². The van der Waals surface area contributed by atoms with Gasteiger partial charge in [-0.1, -0.05) is 38.0 Å². The molecule has 1 saturated heterocycles. The number of nitrogens with zero attached hydrogens (tertiary/aromatic N) is 2. The molecule has 0 N–H and O–H groups in total. The van der Waals surface area contributed by atoms with Crippen LogP contribution in [-0.2, 0) is 4.79 Å².